The van der Waals surface area contributed by atoms with E-state index in [-0.39, 0.29) is 5.78 Å². The third-order valence-corrected chi connectivity index (χ3v) is 3.20. The molecule has 0 bridgehead atoms. The lowest BCUT2D eigenvalue weighted by Crippen LogP contribution is -2.12. The van der Waals surface area contributed by atoms with Crippen molar-refractivity contribution in [2.45, 2.75) is 32.7 Å². The molecule has 2 aromatic rings. The molecule has 0 aliphatic carbocycles. The van der Waals surface area contributed by atoms with E-state index in [1.165, 1.54) is 0 Å². The van der Waals surface area contributed by atoms with Crippen molar-refractivity contribution in [2.24, 2.45) is 0 Å². The summed E-state index contributed by atoms with van der Waals surface area (Å²) in [5.74, 6) is 0.747. The molecule has 2 aromatic heterocycles. The first-order valence-corrected chi connectivity index (χ1v) is 5.92. The number of rotatable bonds is 2. The van der Waals surface area contributed by atoms with Crippen molar-refractivity contribution in [1.82, 2.24) is 9.78 Å². The molecule has 0 aromatic carbocycles. The number of aryl methyl sites for hydroxylation is 1. The van der Waals surface area contributed by atoms with Gasteiger partial charge in [-0.1, -0.05) is 0 Å². The van der Waals surface area contributed by atoms with Crippen LogP contribution in [0, 0.1) is 0 Å². The smallest absolute Gasteiger partial charge is 0.164 e. The Balaban J connectivity index is 2.21. The molecule has 3 rings (SSSR count). The normalized spacial score (nSPS) is 14.6. The van der Waals surface area contributed by atoms with Gasteiger partial charge in [0, 0.05) is 12.2 Å². The fourth-order valence-corrected chi connectivity index (χ4v) is 2.45. The van der Waals surface area contributed by atoms with Crippen molar-refractivity contribution in [3.63, 3.8) is 0 Å². The van der Waals surface area contributed by atoms with Crippen LogP contribution in [0.2, 0.25) is 0 Å². The summed E-state index contributed by atoms with van der Waals surface area (Å²) in [7, 11) is 0. The number of Topliss-reactive ketones (excluding diaryl/α,β-unsaturated/α-hetero) is 1. The molecule has 1 aliphatic heterocycles. The van der Waals surface area contributed by atoms with Gasteiger partial charge in [-0.15, -0.1) is 0 Å². The first-order chi connectivity index (χ1) is 8.27. The van der Waals surface area contributed by atoms with Crippen LogP contribution in [-0.4, -0.2) is 15.6 Å². The Kier molecular flexibility index (Phi) is 2.35. The molecule has 4 heteroatoms. The zero-order valence-electron chi connectivity index (χ0n) is 9.77. The van der Waals surface area contributed by atoms with Crippen LogP contribution < -0.4 is 0 Å². The maximum Gasteiger partial charge on any atom is 0.164 e. The van der Waals surface area contributed by atoms with E-state index in [0.29, 0.717) is 11.5 Å². The van der Waals surface area contributed by atoms with Crippen molar-refractivity contribution in [3.05, 3.63) is 29.7 Å². The van der Waals surface area contributed by atoms with E-state index in [1.807, 2.05) is 16.8 Å². The van der Waals surface area contributed by atoms with Gasteiger partial charge in [0.25, 0.3) is 0 Å². The lowest BCUT2D eigenvalue weighted by Gasteiger charge is -2.13. The molecule has 0 fully saturated rings. The number of carbonyl (C=O) groups is 1. The standard InChI is InChI=1S/C13H14N2O2/c1-9(16)12-10-5-2-3-7-15(10)14-13(12)11-6-4-8-17-11/h4,6,8H,2-3,5,7H2,1H3. The molecule has 88 valence electrons. The molecule has 0 N–H and O–H groups in total. The minimum Gasteiger partial charge on any atom is -0.463 e. The number of ketones is 1. The third-order valence-electron chi connectivity index (χ3n) is 3.20. The van der Waals surface area contributed by atoms with Crippen LogP contribution in [0.15, 0.2) is 22.8 Å². The Hall–Kier alpha value is -1.84. The molecule has 4 nitrogen and oxygen atoms in total. The van der Waals surface area contributed by atoms with Crippen LogP contribution in [0.3, 0.4) is 0 Å². The number of furan rings is 1. The summed E-state index contributed by atoms with van der Waals surface area (Å²) in [6.45, 7) is 2.50. The van der Waals surface area contributed by atoms with Crippen LogP contribution in [0.25, 0.3) is 11.5 Å². The molecule has 17 heavy (non-hydrogen) atoms. The average Bonchev–Trinajstić information content (AvgIpc) is 2.95. The molecule has 0 unspecified atom stereocenters. The highest BCUT2D eigenvalue weighted by Gasteiger charge is 2.24. The molecule has 0 amide bonds. The quantitative estimate of drug-likeness (QED) is 0.745. The fraction of sp³-hybridized carbons (Fsp3) is 0.385. The number of fused-ring (bicyclic) bond motifs is 1. The van der Waals surface area contributed by atoms with Crippen molar-refractivity contribution < 1.29 is 9.21 Å². The molecule has 0 saturated heterocycles. The van der Waals surface area contributed by atoms with Gasteiger partial charge in [-0.2, -0.15) is 5.10 Å². The van der Waals surface area contributed by atoms with Gasteiger partial charge in [0.15, 0.2) is 11.5 Å². The predicted molar refractivity (Wildman–Crippen MR) is 62.9 cm³/mol. The van der Waals surface area contributed by atoms with Gasteiger partial charge in [-0.05, 0) is 38.3 Å². The van der Waals surface area contributed by atoms with E-state index in [9.17, 15) is 4.79 Å². The average molecular weight is 230 g/mol. The molecule has 0 radical (unpaired) electrons. The van der Waals surface area contributed by atoms with E-state index in [1.54, 1.807) is 13.2 Å². The molecule has 0 atom stereocenters. The molecule has 0 saturated carbocycles. The van der Waals surface area contributed by atoms with Crippen molar-refractivity contribution in [1.29, 1.82) is 0 Å². The molecule has 3 heterocycles. The van der Waals surface area contributed by atoms with Gasteiger partial charge in [0.2, 0.25) is 0 Å². The van der Waals surface area contributed by atoms with Crippen LogP contribution in [0.1, 0.15) is 35.8 Å². The lowest BCUT2D eigenvalue weighted by atomic mass is 10.0. The Labute approximate surface area is 99.2 Å². The summed E-state index contributed by atoms with van der Waals surface area (Å²) in [6.07, 6.45) is 4.80. The van der Waals surface area contributed by atoms with Gasteiger partial charge in [-0.3, -0.25) is 9.48 Å². The first-order valence-electron chi connectivity index (χ1n) is 5.92. The Morgan fingerprint density at radius 2 is 2.35 bits per heavy atom. The zero-order valence-corrected chi connectivity index (χ0v) is 9.77. The monoisotopic (exact) mass is 230 g/mol. The zero-order chi connectivity index (χ0) is 11.8. The molecular weight excluding hydrogens is 216 g/mol. The number of nitrogens with zero attached hydrogens (tertiary/aromatic N) is 2. The lowest BCUT2D eigenvalue weighted by molar-refractivity contribution is 0.101. The number of hydrogen-bond donors (Lipinski definition) is 0. The van der Waals surface area contributed by atoms with E-state index >= 15 is 0 Å². The number of hydrogen-bond acceptors (Lipinski definition) is 3. The van der Waals surface area contributed by atoms with Gasteiger partial charge >= 0.3 is 0 Å². The third kappa shape index (κ3) is 1.60. The Morgan fingerprint density at radius 1 is 1.47 bits per heavy atom. The van der Waals surface area contributed by atoms with Crippen molar-refractivity contribution in [2.75, 3.05) is 0 Å². The van der Waals surface area contributed by atoms with Gasteiger partial charge in [0.1, 0.15) is 5.69 Å². The van der Waals surface area contributed by atoms with Crippen LogP contribution >= 0.6 is 0 Å². The molecule has 0 spiro atoms. The van der Waals surface area contributed by atoms with E-state index < -0.39 is 0 Å². The summed E-state index contributed by atoms with van der Waals surface area (Å²) < 4.78 is 7.32. The summed E-state index contributed by atoms with van der Waals surface area (Å²) >= 11 is 0. The van der Waals surface area contributed by atoms with E-state index in [0.717, 1.165) is 37.1 Å². The van der Waals surface area contributed by atoms with Gasteiger partial charge < -0.3 is 4.42 Å². The minimum absolute atomic E-state index is 0.0690. The summed E-state index contributed by atoms with van der Waals surface area (Å²) in [6, 6.07) is 3.67. The summed E-state index contributed by atoms with van der Waals surface area (Å²) in [5.41, 5.74) is 2.49. The SMILES string of the molecule is CC(=O)c1c(-c2ccco2)nn2c1CCCC2. The second-order valence-corrected chi connectivity index (χ2v) is 4.38. The van der Waals surface area contributed by atoms with Gasteiger partial charge in [0.05, 0.1) is 11.8 Å². The summed E-state index contributed by atoms with van der Waals surface area (Å²) in [5, 5.41) is 4.52. The van der Waals surface area contributed by atoms with Crippen molar-refractivity contribution in [3.8, 4) is 11.5 Å². The largest absolute Gasteiger partial charge is 0.463 e. The number of aromatic nitrogens is 2. The van der Waals surface area contributed by atoms with E-state index in [2.05, 4.69) is 5.10 Å². The molecular formula is C13H14N2O2. The van der Waals surface area contributed by atoms with E-state index in [4.69, 9.17) is 4.42 Å². The second-order valence-electron chi connectivity index (χ2n) is 4.38. The van der Waals surface area contributed by atoms with Crippen molar-refractivity contribution >= 4 is 5.78 Å². The Bertz CT molecular complexity index is 552. The highest BCUT2D eigenvalue weighted by molar-refractivity contribution is 6.00. The van der Waals surface area contributed by atoms with Crippen LogP contribution in [0.5, 0.6) is 0 Å². The summed E-state index contributed by atoms with van der Waals surface area (Å²) in [4.78, 5) is 11.8. The minimum atomic E-state index is 0.0690. The predicted octanol–water partition coefficient (Wildman–Crippen LogP) is 2.68. The maximum atomic E-state index is 11.8. The number of carbonyl (C=O) groups excluding carboxylic acids is 1. The first kappa shape index (κ1) is 10.3. The van der Waals surface area contributed by atoms with Crippen LogP contribution in [-0.2, 0) is 13.0 Å². The fourth-order valence-electron chi connectivity index (χ4n) is 2.45. The van der Waals surface area contributed by atoms with Gasteiger partial charge in [-0.25, -0.2) is 0 Å². The highest BCUT2D eigenvalue weighted by atomic mass is 16.3. The van der Waals surface area contributed by atoms with Crippen LogP contribution in [0.4, 0.5) is 0 Å². The second kappa shape index (κ2) is 3.87. The molecule has 1 aliphatic rings. The maximum absolute atomic E-state index is 11.8. The topological polar surface area (TPSA) is 48.0 Å². The highest BCUT2D eigenvalue weighted by Crippen LogP contribution is 2.29. The Morgan fingerprint density at radius 3 is 3.06 bits per heavy atom.